The van der Waals surface area contributed by atoms with Crippen LogP contribution in [-0.2, 0) is 11.4 Å². The van der Waals surface area contributed by atoms with Crippen molar-refractivity contribution in [3.63, 3.8) is 0 Å². The highest BCUT2D eigenvalue weighted by Crippen LogP contribution is 2.38. The Bertz CT molecular complexity index is 1460. The van der Waals surface area contributed by atoms with E-state index in [9.17, 15) is 9.59 Å². The standard InChI is InChI=1S/C30H31N5O5/c31-25-16-22(21-11-9-19(10-12-21)15-27(36)37)13-14-26(25)33-28(38)29-34-35-30(40-29)32-23-7-4-8-24(17-23)39-18-20-5-2-1-3-6-20/h1-8,13-14,16-17,19,21H,9-12,15,18,31H2,(H,32,35)(H,33,38)(H,36,37). The number of anilines is 4. The van der Waals surface area contributed by atoms with E-state index in [2.05, 4.69) is 20.8 Å². The molecule has 1 amide bonds. The molecule has 5 N–H and O–H groups in total. The first-order chi connectivity index (χ1) is 19.4. The number of carboxylic acid groups (broad SMARTS) is 1. The fourth-order valence-electron chi connectivity index (χ4n) is 4.97. The van der Waals surface area contributed by atoms with Crippen LogP contribution in [0.3, 0.4) is 0 Å². The van der Waals surface area contributed by atoms with Gasteiger partial charge in [0.1, 0.15) is 12.4 Å². The lowest BCUT2D eigenvalue weighted by Crippen LogP contribution is -2.17. The zero-order valence-corrected chi connectivity index (χ0v) is 21.9. The van der Waals surface area contributed by atoms with Gasteiger partial charge in [0.25, 0.3) is 0 Å². The van der Waals surface area contributed by atoms with Gasteiger partial charge in [0.05, 0.1) is 11.4 Å². The molecule has 1 aliphatic rings. The van der Waals surface area contributed by atoms with E-state index in [-0.39, 0.29) is 24.2 Å². The van der Waals surface area contributed by atoms with Crippen molar-refractivity contribution in [1.82, 2.24) is 10.2 Å². The fourth-order valence-corrected chi connectivity index (χ4v) is 4.97. The number of nitrogens with zero attached hydrogens (tertiary/aromatic N) is 2. The molecule has 1 heterocycles. The summed E-state index contributed by atoms with van der Waals surface area (Å²) in [6.45, 7) is 0.438. The minimum atomic E-state index is -0.740. The highest BCUT2D eigenvalue weighted by atomic mass is 16.5. The molecule has 3 aromatic carbocycles. The average Bonchev–Trinajstić information content (AvgIpc) is 3.42. The van der Waals surface area contributed by atoms with E-state index in [0.717, 1.165) is 36.8 Å². The van der Waals surface area contributed by atoms with Gasteiger partial charge in [-0.15, -0.1) is 5.10 Å². The number of carboxylic acids is 1. The molecule has 4 aromatic rings. The normalized spacial score (nSPS) is 16.7. The number of ether oxygens (including phenoxy) is 1. The summed E-state index contributed by atoms with van der Waals surface area (Å²) < 4.78 is 11.4. The number of hydrogen-bond donors (Lipinski definition) is 4. The monoisotopic (exact) mass is 541 g/mol. The van der Waals surface area contributed by atoms with Gasteiger partial charge >= 0.3 is 23.8 Å². The molecule has 0 radical (unpaired) electrons. The molecule has 0 bridgehead atoms. The third kappa shape index (κ3) is 6.96. The van der Waals surface area contributed by atoms with Crippen molar-refractivity contribution < 1.29 is 23.8 Å². The third-order valence-corrected chi connectivity index (χ3v) is 7.06. The lowest BCUT2D eigenvalue weighted by Gasteiger charge is -2.28. The number of aromatic nitrogens is 2. The number of rotatable bonds is 10. The molecule has 206 valence electrons. The maximum Gasteiger partial charge on any atom is 0.320 e. The molecule has 0 atom stereocenters. The largest absolute Gasteiger partial charge is 0.489 e. The van der Waals surface area contributed by atoms with Crippen LogP contribution in [0.15, 0.2) is 77.2 Å². The number of hydrogen-bond acceptors (Lipinski definition) is 8. The van der Waals surface area contributed by atoms with Gasteiger partial charge in [0, 0.05) is 18.2 Å². The zero-order chi connectivity index (χ0) is 27.9. The molecule has 0 aliphatic heterocycles. The minimum Gasteiger partial charge on any atom is -0.489 e. The van der Waals surface area contributed by atoms with Crippen LogP contribution in [0, 0.1) is 5.92 Å². The highest BCUT2D eigenvalue weighted by Gasteiger charge is 2.24. The first-order valence-corrected chi connectivity index (χ1v) is 13.2. The van der Waals surface area contributed by atoms with E-state index < -0.39 is 11.9 Å². The fraction of sp³-hybridized carbons (Fsp3) is 0.267. The van der Waals surface area contributed by atoms with Gasteiger partial charge in [-0.25, -0.2) is 0 Å². The van der Waals surface area contributed by atoms with Gasteiger partial charge in [-0.05, 0) is 72.9 Å². The third-order valence-electron chi connectivity index (χ3n) is 7.06. The van der Waals surface area contributed by atoms with Crippen LogP contribution in [0.2, 0.25) is 0 Å². The van der Waals surface area contributed by atoms with Crippen LogP contribution in [0.25, 0.3) is 0 Å². The summed E-state index contributed by atoms with van der Waals surface area (Å²) in [5, 5.41) is 22.5. The molecular weight excluding hydrogens is 510 g/mol. The summed E-state index contributed by atoms with van der Waals surface area (Å²) in [7, 11) is 0. The molecule has 10 heteroatoms. The van der Waals surface area contributed by atoms with E-state index >= 15 is 0 Å². The molecule has 1 saturated carbocycles. The zero-order valence-electron chi connectivity index (χ0n) is 21.9. The Balaban J connectivity index is 1.15. The van der Waals surface area contributed by atoms with Crippen molar-refractivity contribution in [2.75, 3.05) is 16.4 Å². The second kappa shape index (κ2) is 12.3. The molecule has 1 fully saturated rings. The highest BCUT2D eigenvalue weighted by molar-refractivity contribution is 6.02. The number of nitrogens with two attached hydrogens (primary N) is 1. The average molecular weight is 542 g/mol. The van der Waals surface area contributed by atoms with Crippen LogP contribution in [0.1, 0.15) is 59.8 Å². The Morgan fingerprint density at radius 1 is 0.975 bits per heavy atom. The summed E-state index contributed by atoms with van der Waals surface area (Å²) >= 11 is 0. The number of carbonyl (C=O) groups excluding carboxylic acids is 1. The van der Waals surface area contributed by atoms with Crippen molar-refractivity contribution in [3.8, 4) is 5.75 Å². The molecule has 40 heavy (non-hydrogen) atoms. The Kier molecular flexibility index (Phi) is 8.24. The number of nitrogens with one attached hydrogen (secondary N) is 2. The van der Waals surface area contributed by atoms with Gasteiger partial charge in [-0.3, -0.25) is 9.59 Å². The molecule has 1 aromatic heterocycles. The SMILES string of the molecule is Nc1cc(C2CCC(CC(=O)O)CC2)ccc1NC(=O)c1nnc(Nc2cccc(OCc3ccccc3)c2)o1. The molecule has 10 nitrogen and oxygen atoms in total. The molecule has 0 unspecified atom stereocenters. The Morgan fingerprint density at radius 2 is 1.77 bits per heavy atom. The first-order valence-electron chi connectivity index (χ1n) is 13.2. The molecule has 5 rings (SSSR count). The minimum absolute atomic E-state index is 0.0622. The van der Waals surface area contributed by atoms with Gasteiger partial charge < -0.3 is 30.6 Å². The molecule has 0 spiro atoms. The molecule has 1 aliphatic carbocycles. The lowest BCUT2D eigenvalue weighted by atomic mass is 9.77. The summed E-state index contributed by atoms with van der Waals surface area (Å²) in [4.78, 5) is 23.7. The molecular formula is C30H31N5O5. The van der Waals surface area contributed by atoms with E-state index in [1.807, 2.05) is 60.7 Å². The lowest BCUT2D eigenvalue weighted by molar-refractivity contribution is -0.138. The van der Waals surface area contributed by atoms with Crippen molar-refractivity contribution in [2.45, 2.75) is 44.6 Å². The topological polar surface area (TPSA) is 153 Å². The number of carbonyl (C=O) groups is 2. The van der Waals surface area contributed by atoms with Crippen LogP contribution in [-0.4, -0.2) is 27.2 Å². The number of aliphatic carboxylic acids is 1. The van der Waals surface area contributed by atoms with Crippen LogP contribution >= 0.6 is 0 Å². The summed E-state index contributed by atoms with van der Waals surface area (Å²) in [6, 6.07) is 22.8. The van der Waals surface area contributed by atoms with E-state index in [1.165, 1.54) is 0 Å². The Labute approximate surface area is 231 Å². The van der Waals surface area contributed by atoms with Crippen molar-refractivity contribution in [1.29, 1.82) is 0 Å². The van der Waals surface area contributed by atoms with Crippen LogP contribution in [0.5, 0.6) is 5.75 Å². The van der Waals surface area contributed by atoms with Gasteiger partial charge in [0.15, 0.2) is 0 Å². The second-order valence-electron chi connectivity index (χ2n) is 9.96. The van der Waals surface area contributed by atoms with Crippen molar-refractivity contribution >= 4 is 35.0 Å². The second-order valence-corrected chi connectivity index (χ2v) is 9.96. The van der Waals surface area contributed by atoms with Gasteiger partial charge in [-0.2, -0.15) is 0 Å². The van der Waals surface area contributed by atoms with Crippen LogP contribution in [0.4, 0.5) is 23.1 Å². The summed E-state index contributed by atoms with van der Waals surface area (Å²) in [5.74, 6) is -0.304. The first kappa shape index (κ1) is 26.7. The van der Waals surface area contributed by atoms with Crippen LogP contribution < -0.4 is 21.1 Å². The van der Waals surface area contributed by atoms with Crippen molar-refractivity contribution in [3.05, 3.63) is 89.8 Å². The predicted molar refractivity (Wildman–Crippen MR) is 151 cm³/mol. The Hall–Kier alpha value is -4.86. The Morgan fingerprint density at radius 3 is 2.52 bits per heavy atom. The van der Waals surface area contributed by atoms with Crippen molar-refractivity contribution in [2.24, 2.45) is 5.92 Å². The maximum absolute atomic E-state index is 12.8. The maximum atomic E-state index is 12.8. The summed E-state index contributed by atoms with van der Waals surface area (Å²) in [5.41, 5.74) is 9.94. The van der Waals surface area contributed by atoms with E-state index in [4.69, 9.17) is 20.0 Å². The van der Waals surface area contributed by atoms with E-state index in [0.29, 0.717) is 35.3 Å². The number of benzene rings is 3. The summed E-state index contributed by atoms with van der Waals surface area (Å²) in [6.07, 6.45) is 3.83. The number of nitrogen functional groups attached to an aromatic ring is 1. The molecule has 0 saturated heterocycles. The smallest absolute Gasteiger partial charge is 0.320 e. The van der Waals surface area contributed by atoms with Gasteiger partial charge in [-0.1, -0.05) is 47.6 Å². The number of amides is 1. The predicted octanol–water partition coefficient (Wildman–Crippen LogP) is 5.98. The van der Waals surface area contributed by atoms with Gasteiger partial charge in [0.2, 0.25) is 0 Å². The quantitative estimate of drug-likeness (QED) is 0.178. The van der Waals surface area contributed by atoms with E-state index in [1.54, 1.807) is 12.1 Å².